The van der Waals surface area contributed by atoms with Crippen molar-refractivity contribution in [3.63, 3.8) is 0 Å². The second-order valence-corrected chi connectivity index (χ2v) is 5.74. The summed E-state index contributed by atoms with van der Waals surface area (Å²) >= 11 is 0. The SMILES string of the molecule is CCn1c2ccccc2c2cc(/C=C/C3C=CC=C3)ccc21. The molecule has 3 aromatic rings. The van der Waals surface area contributed by atoms with E-state index in [0.29, 0.717) is 5.92 Å². The molecule has 1 aliphatic carbocycles. The zero-order valence-electron chi connectivity index (χ0n) is 12.7. The van der Waals surface area contributed by atoms with Gasteiger partial charge in [0, 0.05) is 34.3 Å². The van der Waals surface area contributed by atoms with E-state index >= 15 is 0 Å². The zero-order chi connectivity index (χ0) is 14.9. The zero-order valence-corrected chi connectivity index (χ0v) is 12.7. The van der Waals surface area contributed by atoms with Crippen molar-refractivity contribution in [3.05, 3.63) is 78.4 Å². The van der Waals surface area contributed by atoms with Gasteiger partial charge in [-0.15, -0.1) is 0 Å². The van der Waals surface area contributed by atoms with Crippen LogP contribution in [0, 0.1) is 5.92 Å². The molecule has 0 saturated heterocycles. The Morgan fingerprint density at radius 1 is 0.955 bits per heavy atom. The Kier molecular flexibility index (Phi) is 3.19. The Morgan fingerprint density at radius 3 is 2.55 bits per heavy atom. The Hall–Kier alpha value is -2.54. The number of hydrogen-bond donors (Lipinski definition) is 0. The molecule has 0 atom stereocenters. The van der Waals surface area contributed by atoms with Gasteiger partial charge in [-0.2, -0.15) is 0 Å². The molecule has 22 heavy (non-hydrogen) atoms. The van der Waals surface area contributed by atoms with E-state index in [2.05, 4.69) is 90.4 Å². The second kappa shape index (κ2) is 5.34. The number of allylic oxidation sites excluding steroid dienone is 5. The fourth-order valence-electron chi connectivity index (χ4n) is 3.32. The summed E-state index contributed by atoms with van der Waals surface area (Å²) in [7, 11) is 0. The Balaban J connectivity index is 1.85. The van der Waals surface area contributed by atoms with Gasteiger partial charge in [0.05, 0.1) is 0 Å². The highest BCUT2D eigenvalue weighted by atomic mass is 15.0. The van der Waals surface area contributed by atoms with Crippen molar-refractivity contribution in [1.29, 1.82) is 0 Å². The van der Waals surface area contributed by atoms with Gasteiger partial charge in [0.1, 0.15) is 0 Å². The van der Waals surface area contributed by atoms with Gasteiger partial charge in [0.25, 0.3) is 0 Å². The molecule has 0 bridgehead atoms. The topological polar surface area (TPSA) is 4.93 Å². The molecule has 1 nitrogen and oxygen atoms in total. The van der Waals surface area contributed by atoms with Crippen molar-refractivity contribution < 1.29 is 0 Å². The molecule has 0 N–H and O–H groups in total. The number of rotatable bonds is 3. The predicted octanol–water partition coefficient (Wildman–Crippen LogP) is 5.57. The number of aromatic nitrogens is 1. The van der Waals surface area contributed by atoms with E-state index in [-0.39, 0.29) is 0 Å². The predicted molar refractivity (Wildman–Crippen MR) is 95.9 cm³/mol. The van der Waals surface area contributed by atoms with Crippen molar-refractivity contribution in [2.45, 2.75) is 13.5 Å². The highest BCUT2D eigenvalue weighted by Crippen LogP contribution is 2.30. The lowest BCUT2D eigenvalue weighted by atomic mass is 10.1. The molecule has 0 unspecified atom stereocenters. The molecule has 1 aromatic heterocycles. The number of hydrogen-bond acceptors (Lipinski definition) is 0. The summed E-state index contributed by atoms with van der Waals surface area (Å²) in [5.41, 5.74) is 3.91. The van der Waals surface area contributed by atoms with Crippen LogP contribution in [0.2, 0.25) is 0 Å². The number of nitrogens with zero attached hydrogens (tertiary/aromatic N) is 1. The van der Waals surface area contributed by atoms with Crippen LogP contribution in [-0.4, -0.2) is 4.57 Å². The van der Waals surface area contributed by atoms with Crippen molar-refractivity contribution in [2.24, 2.45) is 5.92 Å². The highest BCUT2D eigenvalue weighted by Gasteiger charge is 2.09. The summed E-state index contributed by atoms with van der Waals surface area (Å²) in [5.74, 6) is 0.438. The quantitative estimate of drug-likeness (QED) is 0.593. The molecule has 0 fully saturated rings. The molecule has 0 saturated carbocycles. The number of benzene rings is 2. The first-order chi connectivity index (χ1) is 10.9. The minimum absolute atomic E-state index is 0.438. The summed E-state index contributed by atoms with van der Waals surface area (Å²) in [6.45, 7) is 3.20. The van der Waals surface area contributed by atoms with Crippen LogP contribution in [0.4, 0.5) is 0 Å². The summed E-state index contributed by atoms with van der Waals surface area (Å²) in [5, 5.41) is 2.69. The van der Waals surface area contributed by atoms with Crippen LogP contribution in [0.5, 0.6) is 0 Å². The van der Waals surface area contributed by atoms with Crippen molar-refractivity contribution in [2.75, 3.05) is 0 Å². The largest absolute Gasteiger partial charge is 0.341 e. The van der Waals surface area contributed by atoms with E-state index in [0.717, 1.165) is 6.54 Å². The van der Waals surface area contributed by atoms with E-state index in [1.807, 2.05) is 0 Å². The molecule has 4 rings (SSSR count). The monoisotopic (exact) mass is 285 g/mol. The normalized spacial score (nSPS) is 15.0. The molecule has 0 amide bonds. The first-order valence-electron chi connectivity index (χ1n) is 7.91. The minimum Gasteiger partial charge on any atom is -0.341 e. The third-order valence-corrected chi connectivity index (χ3v) is 4.40. The van der Waals surface area contributed by atoms with Crippen molar-refractivity contribution in [3.8, 4) is 0 Å². The third kappa shape index (κ3) is 2.10. The van der Waals surface area contributed by atoms with Crippen LogP contribution >= 0.6 is 0 Å². The van der Waals surface area contributed by atoms with Gasteiger partial charge in [0.2, 0.25) is 0 Å². The fraction of sp³-hybridized carbons (Fsp3) is 0.143. The molecular formula is C21H19N. The highest BCUT2D eigenvalue weighted by molar-refractivity contribution is 6.08. The van der Waals surface area contributed by atoms with E-state index < -0.39 is 0 Å². The van der Waals surface area contributed by atoms with Crippen LogP contribution < -0.4 is 0 Å². The standard InChI is InChI=1S/C21H19N/c1-2-22-20-10-6-5-9-18(20)19-15-17(13-14-21(19)22)12-11-16-7-3-4-8-16/h3-16H,2H2,1H3/b12-11+. The van der Waals surface area contributed by atoms with Crippen LogP contribution in [0.15, 0.2) is 72.8 Å². The van der Waals surface area contributed by atoms with Crippen molar-refractivity contribution in [1.82, 2.24) is 4.57 Å². The van der Waals surface area contributed by atoms with Gasteiger partial charge in [-0.05, 0) is 30.7 Å². The first kappa shape index (κ1) is 13.1. The van der Waals surface area contributed by atoms with Gasteiger partial charge in [-0.3, -0.25) is 0 Å². The van der Waals surface area contributed by atoms with E-state index in [1.54, 1.807) is 0 Å². The Morgan fingerprint density at radius 2 is 1.73 bits per heavy atom. The van der Waals surface area contributed by atoms with E-state index in [1.165, 1.54) is 27.4 Å². The second-order valence-electron chi connectivity index (χ2n) is 5.74. The van der Waals surface area contributed by atoms with Crippen LogP contribution in [0.25, 0.3) is 27.9 Å². The van der Waals surface area contributed by atoms with Crippen molar-refractivity contribution >= 4 is 27.9 Å². The van der Waals surface area contributed by atoms with Crippen LogP contribution in [-0.2, 0) is 6.54 Å². The Bertz CT molecular complexity index is 910. The fourth-order valence-corrected chi connectivity index (χ4v) is 3.32. The molecule has 2 aromatic carbocycles. The molecule has 0 aliphatic heterocycles. The molecule has 1 aliphatic rings. The minimum atomic E-state index is 0.438. The van der Waals surface area contributed by atoms with Gasteiger partial charge < -0.3 is 4.57 Å². The lowest BCUT2D eigenvalue weighted by Crippen LogP contribution is -1.92. The third-order valence-electron chi connectivity index (χ3n) is 4.40. The maximum atomic E-state index is 2.39. The molecular weight excluding hydrogens is 266 g/mol. The summed E-state index contributed by atoms with van der Waals surface area (Å²) in [6.07, 6.45) is 13.1. The van der Waals surface area contributed by atoms with Crippen LogP contribution in [0.3, 0.4) is 0 Å². The molecule has 0 spiro atoms. The number of para-hydroxylation sites is 1. The summed E-state index contributed by atoms with van der Waals surface area (Å²) in [4.78, 5) is 0. The average molecular weight is 285 g/mol. The first-order valence-corrected chi connectivity index (χ1v) is 7.91. The summed E-state index contributed by atoms with van der Waals surface area (Å²) in [6, 6.07) is 15.4. The molecule has 108 valence electrons. The molecule has 0 radical (unpaired) electrons. The van der Waals surface area contributed by atoms with E-state index in [9.17, 15) is 0 Å². The van der Waals surface area contributed by atoms with Crippen LogP contribution in [0.1, 0.15) is 12.5 Å². The summed E-state index contributed by atoms with van der Waals surface area (Å²) < 4.78 is 2.39. The lowest BCUT2D eigenvalue weighted by Gasteiger charge is -2.03. The lowest BCUT2D eigenvalue weighted by molar-refractivity contribution is 0.827. The maximum Gasteiger partial charge on any atom is 0.0491 e. The Labute approximate surface area is 130 Å². The average Bonchev–Trinajstić information content (AvgIpc) is 3.18. The van der Waals surface area contributed by atoms with Gasteiger partial charge >= 0.3 is 0 Å². The molecule has 1 heterocycles. The number of fused-ring (bicyclic) bond motifs is 3. The van der Waals surface area contributed by atoms with E-state index in [4.69, 9.17) is 0 Å². The van der Waals surface area contributed by atoms with Gasteiger partial charge in [-0.25, -0.2) is 0 Å². The van der Waals surface area contributed by atoms with Gasteiger partial charge in [-0.1, -0.05) is 60.7 Å². The smallest absolute Gasteiger partial charge is 0.0491 e. The maximum absolute atomic E-state index is 2.39. The molecule has 1 heteroatoms. The number of aryl methyl sites for hydroxylation is 1. The van der Waals surface area contributed by atoms with Gasteiger partial charge in [0.15, 0.2) is 0 Å².